The zero-order chi connectivity index (χ0) is 15.7. The van der Waals surface area contributed by atoms with Crippen LogP contribution in [0.4, 0.5) is 0 Å². The molecule has 0 bridgehead atoms. The molecule has 1 heterocycles. The number of aliphatic imine (C=N–C) groups is 1. The summed E-state index contributed by atoms with van der Waals surface area (Å²) in [7, 11) is 0. The molecule has 1 rings (SSSR count). The van der Waals surface area contributed by atoms with Crippen molar-refractivity contribution in [2.24, 2.45) is 4.99 Å². The summed E-state index contributed by atoms with van der Waals surface area (Å²) in [6.45, 7) is 14.3. The summed E-state index contributed by atoms with van der Waals surface area (Å²) in [5.74, 6) is 1.37. The Kier molecular flexibility index (Phi) is 7.75. The van der Waals surface area contributed by atoms with Gasteiger partial charge in [0.05, 0.1) is 6.54 Å². The number of rotatable bonds is 7. The maximum atomic E-state index is 4.68. The fourth-order valence-corrected chi connectivity index (χ4v) is 2.63. The summed E-state index contributed by atoms with van der Waals surface area (Å²) < 4.78 is 0. The van der Waals surface area contributed by atoms with Crippen LogP contribution >= 0.6 is 11.3 Å². The minimum atomic E-state index is 0.158. The van der Waals surface area contributed by atoms with Gasteiger partial charge >= 0.3 is 0 Å². The molecule has 5 heteroatoms. The molecule has 0 fully saturated rings. The second kappa shape index (κ2) is 9.05. The molecule has 0 saturated carbocycles. The van der Waals surface area contributed by atoms with Crippen LogP contribution in [0.3, 0.4) is 0 Å². The molecule has 0 aliphatic heterocycles. The Hall–Kier alpha value is -1.07. The quantitative estimate of drug-likeness (QED) is 0.412. The van der Waals surface area contributed by atoms with E-state index in [1.54, 1.807) is 11.3 Å². The Balaban J connectivity index is 2.39. The van der Waals surface area contributed by atoms with E-state index in [2.05, 4.69) is 73.1 Å². The highest BCUT2D eigenvalue weighted by molar-refractivity contribution is 7.10. The van der Waals surface area contributed by atoms with E-state index in [9.17, 15) is 0 Å². The predicted molar refractivity (Wildman–Crippen MR) is 94.5 cm³/mol. The number of nitrogens with one attached hydrogen (secondary N) is 3. The Bertz CT molecular complexity index is 406. The van der Waals surface area contributed by atoms with Gasteiger partial charge in [0.15, 0.2) is 5.96 Å². The maximum Gasteiger partial charge on any atom is 0.191 e. The number of hydrogen-bond acceptors (Lipinski definition) is 3. The average Bonchev–Trinajstić information content (AvgIpc) is 2.93. The molecule has 0 radical (unpaired) electrons. The highest BCUT2D eigenvalue weighted by atomic mass is 32.1. The van der Waals surface area contributed by atoms with Gasteiger partial charge in [0.25, 0.3) is 0 Å². The molecular formula is C16H30N4S. The second-order valence-electron chi connectivity index (χ2n) is 6.24. The molecule has 1 aromatic heterocycles. The van der Waals surface area contributed by atoms with E-state index in [0.717, 1.165) is 32.1 Å². The van der Waals surface area contributed by atoms with Crippen LogP contribution in [0.15, 0.2) is 22.5 Å². The molecule has 0 aromatic carbocycles. The van der Waals surface area contributed by atoms with Gasteiger partial charge in [-0.05, 0) is 39.1 Å². The Morgan fingerprint density at radius 2 is 2.05 bits per heavy atom. The van der Waals surface area contributed by atoms with Gasteiger partial charge in [0, 0.05) is 36.0 Å². The Morgan fingerprint density at radius 3 is 2.62 bits per heavy atom. The third-order valence-electron chi connectivity index (χ3n) is 2.97. The molecule has 1 unspecified atom stereocenters. The molecule has 0 saturated heterocycles. The fourth-order valence-electron chi connectivity index (χ4n) is 1.85. The molecule has 4 nitrogen and oxygen atoms in total. The van der Waals surface area contributed by atoms with Gasteiger partial charge in [-0.3, -0.25) is 4.99 Å². The Labute approximate surface area is 133 Å². The van der Waals surface area contributed by atoms with Crippen molar-refractivity contribution in [1.29, 1.82) is 0 Å². The third-order valence-corrected chi connectivity index (χ3v) is 4.07. The van der Waals surface area contributed by atoms with Crippen molar-refractivity contribution in [2.45, 2.75) is 46.1 Å². The van der Waals surface area contributed by atoms with Crippen LogP contribution < -0.4 is 16.0 Å². The first kappa shape index (κ1) is 18.0. The van der Waals surface area contributed by atoms with Crippen molar-refractivity contribution in [3.05, 3.63) is 22.4 Å². The van der Waals surface area contributed by atoms with Crippen LogP contribution in [0.5, 0.6) is 0 Å². The van der Waals surface area contributed by atoms with Crippen molar-refractivity contribution in [2.75, 3.05) is 26.2 Å². The number of guanidine groups is 1. The average molecular weight is 311 g/mol. The van der Waals surface area contributed by atoms with Crippen LogP contribution in [-0.4, -0.2) is 37.7 Å². The lowest BCUT2D eigenvalue weighted by atomic mass is 10.1. The summed E-state index contributed by atoms with van der Waals surface area (Å²) in [5, 5.41) is 12.3. The SMILES string of the molecule is CCNC(=NCC(C)c1cccs1)NCCNC(C)(C)C. The van der Waals surface area contributed by atoms with E-state index in [-0.39, 0.29) is 5.54 Å². The van der Waals surface area contributed by atoms with Gasteiger partial charge < -0.3 is 16.0 Å². The van der Waals surface area contributed by atoms with Crippen molar-refractivity contribution < 1.29 is 0 Å². The lowest BCUT2D eigenvalue weighted by Gasteiger charge is -2.21. The number of hydrogen-bond donors (Lipinski definition) is 3. The summed E-state index contributed by atoms with van der Waals surface area (Å²) in [6.07, 6.45) is 0. The molecular weight excluding hydrogens is 280 g/mol. The third kappa shape index (κ3) is 8.07. The van der Waals surface area contributed by atoms with Gasteiger partial charge in [-0.1, -0.05) is 13.0 Å². The Morgan fingerprint density at radius 1 is 1.29 bits per heavy atom. The highest BCUT2D eigenvalue weighted by Crippen LogP contribution is 2.20. The molecule has 3 N–H and O–H groups in total. The zero-order valence-corrected chi connectivity index (χ0v) is 14.8. The topological polar surface area (TPSA) is 48.5 Å². The lowest BCUT2D eigenvalue weighted by molar-refractivity contribution is 0.428. The fraction of sp³-hybridized carbons (Fsp3) is 0.688. The van der Waals surface area contributed by atoms with Gasteiger partial charge in [0.2, 0.25) is 0 Å². The van der Waals surface area contributed by atoms with Gasteiger partial charge in [-0.25, -0.2) is 0 Å². The van der Waals surface area contributed by atoms with E-state index in [1.807, 2.05) is 0 Å². The van der Waals surface area contributed by atoms with Crippen LogP contribution in [0.1, 0.15) is 45.4 Å². The highest BCUT2D eigenvalue weighted by Gasteiger charge is 2.08. The van der Waals surface area contributed by atoms with Gasteiger partial charge in [-0.2, -0.15) is 0 Å². The summed E-state index contributed by atoms with van der Waals surface area (Å²) in [6, 6.07) is 4.28. The predicted octanol–water partition coefficient (Wildman–Crippen LogP) is 2.79. The molecule has 1 aromatic rings. The number of nitrogens with zero attached hydrogens (tertiary/aromatic N) is 1. The van der Waals surface area contributed by atoms with E-state index in [1.165, 1.54) is 4.88 Å². The summed E-state index contributed by atoms with van der Waals surface area (Å²) in [5.41, 5.74) is 0.158. The van der Waals surface area contributed by atoms with Crippen LogP contribution in [0, 0.1) is 0 Å². The largest absolute Gasteiger partial charge is 0.357 e. The monoisotopic (exact) mass is 310 g/mol. The minimum absolute atomic E-state index is 0.158. The van der Waals surface area contributed by atoms with Gasteiger partial charge in [0.1, 0.15) is 0 Å². The second-order valence-corrected chi connectivity index (χ2v) is 7.22. The molecule has 1 atom stereocenters. The molecule has 0 aliphatic carbocycles. The lowest BCUT2D eigenvalue weighted by Crippen LogP contribution is -2.44. The van der Waals surface area contributed by atoms with Gasteiger partial charge in [-0.15, -0.1) is 11.3 Å². The van der Waals surface area contributed by atoms with Crippen molar-refractivity contribution in [3.63, 3.8) is 0 Å². The number of thiophene rings is 1. The molecule has 0 spiro atoms. The summed E-state index contributed by atoms with van der Waals surface area (Å²) >= 11 is 1.80. The van der Waals surface area contributed by atoms with E-state index in [0.29, 0.717) is 5.92 Å². The van der Waals surface area contributed by atoms with Crippen LogP contribution in [-0.2, 0) is 0 Å². The van der Waals surface area contributed by atoms with E-state index in [4.69, 9.17) is 0 Å². The molecule has 21 heavy (non-hydrogen) atoms. The van der Waals surface area contributed by atoms with Crippen LogP contribution in [0.2, 0.25) is 0 Å². The maximum absolute atomic E-state index is 4.68. The minimum Gasteiger partial charge on any atom is -0.357 e. The van der Waals surface area contributed by atoms with E-state index >= 15 is 0 Å². The summed E-state index contributed by atoms with van der Waals surface area (Å²) in [4.78, 5) is 6.07. The van der Waals surface area contributed by atoms with Crippen molar-refractivity contribution >= 4 is 17.3 Å². The molecule has 0 aliphatic rings. The van der Waals surface area contributed by atoms with E-state index < -0.39 is 0 Å². The van der Waals surface area contributed by atoms with Crippen molar-refractivity contribution in [3.8, 4) is 0 Å². The first-order valence-electron chi connectivity index (χ1n) is 7.73. The van der Waals surface area contributed by atoms with Crippen LogP contribution in [0.25, 0.3) is 0 Å². The molecule has 120 valence electrons. The standard InChI is InChI=1S/C16H30N4S/c1-6-17-15(18-9-10-20-16(3,4)5)19-12-13(2)14-8-7-11-21-14/h7-8,11,13,20H,6,9-10,12H2,1-5H3,(H2,17,18,19). The normalized spacial score (nSPS) is 14.0. The van der Waals surface area contributed by atoms with Crippen molar-refractivity contribution in [1.82, 2.24) is 16.0 Å². The zero-order valence-electron chi connectivity index (χ0n) is 14.0. The first-order chi connectivity index (χ1) is 9.92. The smallest absolute Gasteiger partial charge is 0.191 e. The first-order valence-corrected chi connectivity index (χ1v) is 8.61. The molecule has 0 amide bonds.